The van der Waals surface area contributed by atoms with Gasteiger partial charge in [0, 0.05) is 6.42 Å². The molecule has 1 aromatic heterocycles. The molecule has 0 radical (unpaired) electrons. The lowest BCUT2D eigenvalue weighted by Crippen LogP contribution is -1.90. The van der Waals surface area contributed by atoms with Gasteiger partial charge in [0.2, 0.25) is 5.89 Å². The minimum atomic E-state index is 0.470. The monoisotopic (exact) mass is 198 g/mol. The molecule has 0 aliphatic carbocycles. The summed E-state index contributed by atoms with van der Waals surface area (Å²) in [6.45, 7) is 2.13. The molecule has 1 aliphatic rings. The normalized spacial score (nSPS) is 22.4. The van der Waals surface area contributed by atoms with Crippen LogP contribution in [-0.2, 0) is 6.42 Å². The predicted octanol–water partition coefficient (Wildman–Crippen LogP) is 2.59. The Bertz CT molecular complexity index is 268. The molecule has 1 saturated heterocycles. The second-order valence-corrected chi connectivity index (χ2v) is 4.61. The summed E-state index contributed by atoms with van der Waals surface area (Å²) in [5.41, 5.74) is 0. The van der Waals surface area contributed by atoms with Crippen molar-refractivity contribution in [1.82, 2.24) is 10.1 Å². The highest BCUT2D eigenvalue weighted by Gasteiger charge is 2.23. The van der Waals surface area contributed by atoms with Gasteiger partial charge in [-0.15, -0.1) is 11.8 Å². The Hall–Kier alpha value is -0.510. The van der Waals surface area contributed by atoms with Crippen LogP contribution in [0.15, 0.2) is 4.52 Å². The molecule has 3 nitrogen and oxygen atoms in total. The molecule has 0 aromatic carbocycles. The van der Waals surface area contributed by atoms with E-state index in [9.17, 15) is 0 Å². The van der Waals surface area contributed by atoms with Crippen LogP contribution in [0.3, 0.4) is 0 Å². The molecule has 1 unspecified atom stereocenters. The van der Waals surface area contributed by atoms with E-state index >= 15 is 0 Å². The van der Waals surface area contributed by atoms with Gasteiger partial charge in [-0.1, -0.05) is 12.1 Å². The number of aryl methyl sites for hydroxylation is 1. The fourth-order valence-electron chi connectivity index (χ4n) is 1.50. The van der Waals surface area contributed by atoms with Crippen molar-refractivity contribution in [3.63, 3.8) is 0 Å². The fourth-order valence-corrected chi connectivity index (χ4v) is 2.69. The van der Waals surface area contributed by atoms with Crippen molar-refractivity contribution >= 4 is 11.8 Å². The van der Waals surface area contributed by atoms with Crippen molar-refractivity contribution < 1.29 is 4.52 Å². The second kappa shape index (κ2) is 4.13. The maximum Gasteiger partial charge on any atom is 0.239 e. The number of nitrogens with zero attached hydrogens (tertiary/aromatic N) is 2. The number of rotatable bonds is 3. The third-order valence-corrected chi connectivity index (χ3v) is 3.53. The van der Waals surface area contributed by atoms with Crippen LogP contribution in [0, 0.1) is 0 Å². The third kappa shape index (κ3) is 2.05. The summed E-state index contributed by atoms with van der Waals surface area (Å²) >= 11 is 1.93. The minimum Gasteiger partial charge on any atom is -0.338 e. The first-order chi connectivity index (χ1) is 6.40. The van der Waals surface area contributed by atoms with Gasteiger partial charge in [-0.05, 0) is 25.0 Å². The van der Waals surface area contributed by atoms with E-state index < -0.39 is 0 Å². The first-order valence-corrected chi connectivity index (χ1v) is 5.89. The summed E-state index contributed by atoms with van der Waals surface area (Å²) in [5.74, 6) is 2.94. The van der Waals surface area contributed by atoms with Crippen LogP contribution in [-0.4, -0.2) is 15.9 Å². The molecule has 2 heterocycles. The van der Waals surface area contributed by atoms with Crippen LogP contribution in [0.4, 0.5) is 0 Å². The Labute approximate surface area is 82.3 Å². The highest BCUT2D eigenvalue weighted by Crippen LogP contribution is 2.38. The lowest BCUT2D eigenvalue weighted by atomic mass is 10.2. The van der Waals surface area contributed by atoms with Crippen molar-refractivity contribution in [2.24, 2.45) is 0 Å². The largest absolute Gasteiger partial charge is 0.338 e. The predicted molar refractivity (Wildman–Crippen MR) is 52.7 cm³/mol. The molecule has 0 N–H and O–H groups in total. The van der Waals surface area contributed by atoms with Crippen LogP contribution >= 0.6 is 11.8 Å². The maximum atomic E-state index is 5.22. The van der Waals surface area contributed by atoms with Gasteiger partial charge in [-0.25, -0.2) is 0 Å². The van der Waals surface area contributed by atoms with Crippen LogP contribution < -0.4 is 0 Å². The Morgan fingerprint density at radius 2 is 2.54 bits per heavy atom. The summed E-state index contributed by atoms with van der Waals surface area (Å²) in [6.07, 6.45) is 4.48. The first kappa shape index (κ1) is 9.06. The smallest absolute Gasteiger partial charge is 0.239 e. The molecule has 1 aliphatic heterocycles. The van der Waals surface area contributed by atoms with Crippen molar-refractivity contribution in [1.29, 1.82) is 0 Å². The summed E-state index contributed by atoms with van der Waals surface area (Å²) < 4.78 is 5.22. The zero-order chi connectivity index (χ0) is 9.10. The van der Waals surface area contributed by atoms with Crippen molar-refractivity contribution in [2.75, 3.05) is 5.75 Å². The Balaban J connectivity index is 2.03. The maximum absolute atomic E-state index is 5.22. The second-order valence-electron chi connectivity index (χ2n) is 3.30. The van der Waals surface area contributed by atoms with E-state index in [2.05, 4.69) is 17.1 Å². The van der Waals surface area contributed by atoms with Crippen LogP contribution in [0.5, 0.6) is 0 Å². The zero-order valence-corrected chi connectivity index (χ0v) is 8.64. The standard InChI is InChI=1S/C9H14N2OS/c1-2-4-8-10-9(12-11-8)7-5-3-6-13-7/h7H,2-6H2,1H3. The van der Waals surface area contributed by atoms with E-state index in [-0.39, 0.29) is 0 Å². The summed E-state index contributed by atoms with van der Waals surface area (Å²) in [6, 6.07) is 0. The Kier molecular flexibility index (Phi) is 2.88. The van der Waals surface area contributed by atoms with Gasteiger partial charge in [0.15, 0.2) is 5.82 Å². The third-order valence-electron chi connectivity index (χ3n) is 2.16. The molecular formula is C9H14N2OS. The van der Waals surface area contributed by atoms with E-state index in [1.165, 1.54) is 18.6 Å². The molecule has 4 heteroatoms. The Morgan fingerprint density at radius 3 is 3.23 bits per heavy atom. The molecule has 1 aromatic rings. The molecule has 2 rings (SSSR count). The number of hydrogen-bond donors (Lipinski definition) is 0. The SMILES string of the molecule is CCCc1noc(C2CCCS2)n1. The molecule has 0 saturated carbocycles. The number of hydrogen-bond acceptors (Lipinski definition) is 4. The lowest BCUT2D eigenvalue weighted by molar-refractivity contribution is 0.369. The van der Waals surface area contributed by atoms with Crippen LogP contribution in [0.1, 0.15) is 43.2 Å². The van der Waals surface area contributed by atoms with Crippen LogP contribution in [0.2, 0.25) is 0 Å². The van der Waals surface area contributed by atoms with Gasteiger partial charge in [-0.3, -0.25) is 0 Å². The van der Waals surface area contributed by atoms with Crippen LogP contribution in [0.25, 0.3) is 0 Å². The van der Waals surface area contributed by atoms with Gasteiger partial charge in [0.05, 0.1) is 5.25 Å². The fraction of sp³-hybridized carbons (Fsp3) is 0.778. The average molecular weight is 198 g/mol. The first-order valence-electron chi connectivity index (χ1n) is 4.84. The molecule has 1 atom stereocenters. The molecule has 0 bridgehead atoms. The quantitative estimate of drug-likeness (QED) is 0.748. The summed E-state index contributed by atoms with van der Waals surface area (Å²) in [7, 11) is 0. The summed E-state index contributed by atoms with van der Waals surface area (Å²) in [4.78, 5) is 4.38. The minimum absolute atomic E-state index is 0.470. The van der Waals surface area contributed by atoms with E-state index in [4.69, 9.17) is 4.52 Å². The Morgan fingerprint density at radius 1 is 1.62 bits per heavy atom. The molecule has 0 amide bonds. The van der Waals surface area contributed by atoms with Gasteiger partial charge in [-0.2, -0.15) is 4.98 Å². The molecule has 1 fully saturated rings. The zero-order valence-electron chi connectivity index (χ0n) is 7.82. The highest BCUT2D eigenvalue weighted by atomic mass is 32.2. The van der Waals surface area contributed by atoms with E-state index in [1.807, 2.05) is 11.8 Å². The number of thioether (sulfide) groups is 1. The van der Waals surface area contributed by atoms with Crippen molar-refractivity contribution in [3.8, 4) is 0 Å². The van der Waals surface area contributed by atoms with E-state index in [0.717, 1.165) is 24.6 Å². The topological polar surface area (TPSA) is 38.9 Å². The molecule has 13 heavy (non-hydrogen) atoms. The molecule has 0 spiro atoms. The average Bonchev–Trinajstić information content (AvgIpc) is 2.70. The van der Waals surface area contributed by atoms with Crippen molar-refractivity contribution in [3.05, 3.63) is 11.7 Å². The van der Waals surface area contributed by atoms with Gasteiger partial charge in [0.25, 0.3) is 0 Å². The molecular weight excluding hydrogens is 184 g/mol. The summed E-state index contributed by atoms with van der Waals surface area (Å²) in [5, 5.41) is 4.42. The lowest BCUT2D eigenvalue weighted by Gasteiger charge is -1.98. The highest BCUT2D eigenvalue weighted by molar-refractivity contribution is 7.99. The number of aromatic nitrogens is 2. The molecule has 72 valence electrons. The van der Waals surface area contributed by atoms with Gasteiger partial charge < -0.3 is 4.52 Å². The van der Waals surface area contributed by atoms with E-state index in [1.54, 1.807) is 0 Å². The van der Waals surface area contributed by atoms with E-state index in [0.29, 0.717) is 5.25 Å². The van der Waals surface area contributed by atoms with Crippen molar-refractivity contribution in [2.45, 2.75) is 37.9 Å². The van der Waals surface area contributed by atoms with Gasteiger partial charge >= 0.3 is 0 Å². The van der Waals surface area contributed by atoms with Gasteiger partial charge in [0.1, 0.15) is 0 Å².